The number of nitrogens with one attached hydrogen (secondary N) is 2. The molecular weight excluding hydrogens is 334 g/mol. The van der Waals surface area contributed by atoms with Crippen molar-refractivity contribution in [1.82, 2.24) is 9.97 Å². The van der Waals surface area contributed by atoms with Crippen LogP contribution in [-0.2, 0) is 0 Å². The van der Waals surface area contributed by atoms with Crippen molar-refractivity contribution >= 4 is 33.3 Å². The largest absolute Gasteiger partial charge is 0.337 e. The molecule has 0 aliphatic heterocycles. The Labute approximate surface area is 139 Å². The highest BCUT2D eigenvalue weighted by Gasteiger charge is 2.17. The molecule has 8 heteroatoms. The number of carbonyl (C=O) groups is 1. The molecule has 0 unspecified atom stereocenters. The van der Waals surface area contributed by atoms with E-state index in [1.54, 1.807) is 0 Å². The first kappa shape index (κ1) is 16.1. The molecule has 2 aromatic heterocycles. The van der Waals surface area contributed by atoms with Crippen molar-refractivity contribution in [2.24, 2.45) is 0 Å². The summed E-state index contributed by atoms with van der Waals surface area (Å²) in [5, 5.41) is 12.4. The van der Waals surface area contributed by atoms with Crippen LogP contribution in [-0.4, -0.2) is 15.9 Å². The number of H-pyrrole nitrogens is 1. The van der Waals surface area contributed by atoms with Crippen molar-refractivity contribution in [3.8, 4) is 6.07 Å². The van der Waals surface area contributed by atoms with Crippen LogP contribution < -0.4 is 5.32 Å². The smallest absolute Gasteiger partial charge is 0.295 e. The minimum Gasteiger partial charge on any atom is -0.337 e. The van der Waals surface area contributed by atoms with Gasteiger partial charge in [0.2, 0.25) is 0 Å². The highest BCUT2D eigenvalue weighted by Crippen LogP contribution is 2.32. The Kier molecular flexibility index (Phi) is 4.03. The van der Waals surface area contributed by atoms with Gasteiger partial charge in [-0.15, -0.1) is 11.3 Å². The Hall–Kier alpha value is -2.79. The Balaban J connectivity index is 1.92. The zero-order valence-electron chi connectivity index (χ0n) is 12.8. The second-order valence-corrected chi connectivity index (χ2v) is 6.43. The summed E-state index contributed by atoms with van der Waals surface area (Å²) in [4.78, 5) is 19.6. The number of alkyl halides is 2. The molecule has 0 saturated heterocycles. The quantitative estimate of drug-likeness (QED) is 0.742. The average Bonchev–Trinajstić information content (AvgIpc) is 3.08. The minimum absolute atomic E-state index is 0.291. The van der Waals surface area contributed by atoms with E-state index in [4.69, 9.17) is 0 Å². The molecule has 1 aromatic carbocycles. The molecule has 3 aromatic rings. The number of aryl methyl sites for hydroxylation is 1. The van der Waals surface area contributed by atoms with E-state index in [-0.39, 0.29) is 0 Å². The zero-order chi connectivity index (χ0) is 17.4. The standard InChI is InChI=1S/C16H12F2N4OS/c1-7-8(2)24-16(10(7)6-19)22-15(23)9-3-4-11-12(5-9)21-14(20-11)13(17)18/h3-5,13H,1-2H3,(H,20,21)(H,22,23). The van der Waals surface area contributed by atoms with Gasteiger partial charge in [0, 0.05) is 10.4 Å². The highest BCUT2D eigenvalue weighted by atomic mass is 32.1. The van der Waals surface area contributed by atoms with Crippen molar-refractivity contribution < 1.29 is 13.6 Å². The molecule has 0 atom stereocenters. The lowest BCUT2D eigenvalue weighted by atomic mass is 10.1. The third-order valence-corrected chi connectivity index (χ3v) is 4.82. The molecule has 122 valence electrons. The van der Waals surface area contributed by atoms with E-state index in [1.165, 1.54) is 29.5 Å². The molecule has 3 rings (SSSR count). The molecule has 2 N–H and O–H groups in total. The van der Waals surface area contributed by atoms with E-state index in [2.05, 4.69) is 21.4 Å². The summed E-state index contributed by atoms with van der Waals surface area (Å²) in [6, 6.07) is 6.55. The van der Waals surface area contributed by atoms with Gasteiger partial charge in [-0.3, -0.25) is 4.79 Å². The summed E-state index contributed by atoms with van der Waals surface area (Å²) < 4.78 is 25.3. The molecule has 2 heterocycles. The number of carbonyl (C=O) groups excluding carboxylic acids is 1. The summed E-state index contributed by atoms with van der Waals surface area (Å²) in [7, 11) is 0. The van der Waals surface area contributed by atoms with Gasteiger partial charge >= 0.3 is 0 Å². The average molecular weight is 346 g/mol. The van der Waals surface area contributed by atoms with Crippen LogP contribution in [0.3, 0.4) is 0 Å². The lowest BCUT2D eigenvalue weighted by Gasteiger charge is -2.03. The highest BCUT2D eigenvalue weighted by molar-refractivity contribution is 7.16. The maximum Gasteiger partial charge on any atom is 0.295 e. The molecule has 1 amide bonds. The Bertz CT molecular complexity index is 984. The molecule has 0 aliphatic rings. The van der Waals surface area contributed by atoms with Crippen LogP contribution in [0.1, 0.15) is 38.6 Å². The number of anilines is 1. The second kappa shape index (κ2) is 6.02. The van der Waals surface area contributed by atoms with E-state index < -0.39 is 18.2 Å². The fourth-order valence-corrected chi connectivity index (χ4v) is 3.30. The molecule has 24 heavy (non-hydrogen) atoms. The van der Waals surface area contributed by atoms with Gasteiger partial charge in [-0.1, -0.05) is 0 Å². The van der Waals surface area contributed by atoms with Crippen molar-refractivity contribution in [2.75, 3.05) is 5.32 Å². The number of nitrogens with zero attached hydrogens (tertiary/aromatic N) is 2. The molecule has 0 aliphatic carbocycles. The van der Waals surface area contributed by atoms with E-state index in [0.717, 1.165) is 10.4 Å². The number of aromatic amines is 1. The maximum atomic E-state index is 12.7. The minimum atomic E-state index is -2.70. The number of rotatable bonds is 3. The summed E-state index contributed by atoms with van der Waals surface area (Å²) in [6.07, 6.45) is -2.70. The predicted molar refractivity (Wildman–Crippen MR) is 87.5 cm³/mol. The van der Waals surface area contributed by atoms with Crippen LogP contribution in [0.25, 0.3) is 11.0 Å². The monoisotopic (exact) mass is 346 g/mol. The third-order valence-electron chi connectivity index (χ3n) is 3.69. The lowest BCUT2D eigenvalue weighted by Crippen LogP contribution is -2.11. The normalized spacial score (nSPS) is 11.0. The third kappa shape index (κ3) is 2.74. The first-order valence-corrected chi connectivity index (χ1v) is 7.81. The van der Waals surface area contributed by atoms with Crippen molar-refractivity contribution in [3.05, 3.63) is 45.6 Å². The topological polar surface area (TPSA) is 81.6 Å². The molecular formula is C16H12F2N4OS. The van der Waals surface area contributed by atoms with Crippen molar-refractivity contribution in [2.45, 2.75) is 20.3 Å². The molecule has 0 bridgehead atoms. The number of fused-ring (bicyclic) bond motifs is 1. The summed E-state index contributed by atoms with van der Waals surface area (Å²) in [5.41, 5.74) is 2.29. The van der Waals surface area contributed by atoms with Gasteiger partial charge < -0.3 is 10.3 Å². The number of hydrogen-bond acceptors (Lipinski definition) is 4. The zero-order valence-corrected chi connectivity index (χ0v) is 13.6. The Morgan fingerprint density at radius 3 is 2.83 bits per heavy atom. The number of imidazole rings is 1. The van der Waals surface area contributed by atoms with Gasteiger partial charge in [0.15, 0.2) is 5.82 Å². The first-order valence-electron chi connectivity index (χ1n) is 7.00. The van der Waals surface area contributed by atoms with E-state index >= 15 is 0 Å². The first-order chi connectivity index (χ1) is 11.4. The number of hydrogen-bond donors (Lipinski definition) is 2. The maximum absolute atomic E-state index is 12.7. The Morgan fingerprint density at radius 1 is 1.42 bits per heavy atom. The van der Waals surface area contributed by atoms with Crippen LogP contribution in [0.4, 0.5) is 13.8 Å². The van der Waals surface area contributed by atoms with Gasteiger partial charge in [-0.25, -0.2) is 13.8 Å². The van der Waals surface area contributed by atoms with Crippen molar-refractivity contribution in [3.63, 3.8) is 0 Å². The van der Waals surface area contributed by atoms with Crippen molar-refractivity contribution in [1.29, 1.82) is 5.26 Å². The van der Waals surface area contributed by atoms with Gasteiger partial charge in [-0.2, -0.15) is 5.26 Å². The SMILES string of the molecule is Cc1sc(NC(=O)c2ccc3nc(C(F)F)[nH]c3c2)c(C#N)c1C. The van der Waals surface area contributed by atoms with Crippen LogP contribution in [0, 0.1) is 25.2 Å². The van der Waals surface area contributed by atoms with E-state index in [0.29, 0.717) is 27.2 Å². The second-order valence-electron chi connectivity index (χ2n) is 5.21. The molecule has 0 spiro atoms. The summed E-state index contributed by atoms with van der Waals surface area (Å²) >= 11 is 1.33. The van der Waals surface area contributed by atoms with Crippen LogP contribution in [0.5, 0.6) is 0 Å². The van der Waals surface area contributed by atoms with Gasteiger partial charge in [0.1, 0.15) is 11.1 Å². The molecule has 0 radical (unpaired) electrons. The van der Waals surface area contributed by atoms with E-state index in [1.807, 2.05) is 13.8 Å². The van der Waals surface area contributed by atoms with E-state index in [9.17, 15) is 18.8 Å². The fraction of sp³-hybridized carbons (Fsp3) is 0.188. The number of halogens is 2. The number of benzene rings is 1. The number of amides is 1. The lowest BCUT2D eigenvalue weighted by molar-refractivity contribution is 0.102. The van der Waals surface area contributed by atoms with Gasteiger partial charge in [0.25, 0.3) is 12.3 Å². The van der Waals surface area contributed by atoms with Crippen LogP contribution in [0.15, 0.2) is 18.2 Å². The summed E-state index contributed by atoms with van der Waals surface area (Å²) in [5.74, 6) is -0.846. The fourth-order valence-electron chi connectivity index (χ4n) is 2.30. The van der Waals surface area contributed by atoms with Gasteiger partial charge in [0.05, 0.1) is 16.6 Å². The Morgan fingerprint density at radius 2 is 2.17 bits per heavy atom. The number of nitriles is 1. The number of aromatic nitrogens is 2. The van der Waals surface area contributed by atoms with Gasteiger partial charge in [-0.05, 0) is 37.6 Å². The van der Waals surface area contributed by atoms with Crippen LogP contribution >= 0.6 is 11.3 Å². The number of thiophene rings is 1. The molecule has 0 saturated carbocycles. The molecule has 5 nitrogen and oxygen atoms in total. The predicted octanol–water partition coefficient (Wildman–Crippen LogP) is 4.30. The molecule has 0 fully saturated rings. The summed E-state index contributed by atoms with van der Waals surface area (Å²) in [6.45, 7) is 3.70. The van der Waals surface area contributed by atoms with Crippen LogP contribution in [0.2, 0.25) is 0 Å².